The van der Waals surface area contributed by atoms with Gasteiger partial charge < -0.3 is 9.67 Å². The van der Waals surface area contributed by atoms with Crippen LogP contribution >= 0.6 is 11.6 Å². The Kier molecular flexibility index (Phi) is 10.9. The fourth-order valence-electron chi connectivity index (χ4n) is 6.59. The highest BCUT2D eigenvalue weighted by molar-refractivity contribution is 7.89. The van der Waals surface area contributed by atoms with Gasteiger partial charge in [0.05, 0.1) is 17.4 Å². The third kappa shape index (κ3) is 8.49. The van der Waals surface area contributed by atoms with Gasteiger partial charge in [0.2, 0.25) is 10.0 Å². The van der Waals surface area contributed by atoms with E-state index in [1.165, 1.54) is 0 Å². The molecule has 0 amide bonds. The Morgan fingerprint density at radius 2 is 1.31 bits per heavy atom. The second-order valence-electron chi connectivity index (χ2n) is 12.2. The molecule has 0 fully saturated rings. The van der Waals surface area contributed by atoms with Gasteiger partial charge in [0.25, 0.3) is 0 Å². The number of hydrogen-bond acceptors (Lipinski definition) is 3. The number of aryl methyl sites for hydroxylation is 3. The topological polar surface area (TPSA) is 88.4 Å². The van der Waals surface area contributed by atoms with Gasteiger partial charge in [0.15, 0.2) is 0 Å². The zero-order valence-electron chi connectivity index (χ0n) is 27.1. The van der Waals surface area contributed by atoms with Gasteiger partial charge in [-0.15, -0.1) is 0 Å². The van der Waals surface area contributed by atoms with Gasteiger partial charge in [0.1, 0.15) is 0 Å². The lowest BCUT2D eigenvalue weighted by atomic mass is 9.97. The van der Waals surface area contributed by atoms with Crippen LogP contribution in [0.15, 0.2) is 133 Å². The van der Waals surface area contributed by atoms with Crippen LogP contribution in [0.4, 0.5) is 0 Å². The van der Waals surface area contributed by atoms with Crippen molar-refractivity contribution in [3.05, 3.63) is 178 Å². The molecule has 8 heteroatoms. The van der Waals surface area contributed by atoms with Gasteiger partial charge >= 0.3 is 5.97 Å². The lowest BCUT2D eigenvalue weighted by Crippen LogP contribution is -2.30. The van der Waals surface area contributed by atoms with Crippen molar-refractivity contribution in [3.63, 3.8) is 0 Å². The fourth-order valence-corrected chi connectivity index (χ4v) is 7.82. The first-order valence-electron chi connectivity index (χ1n) is 16.5. The fraction of sp³-hybridized carbons (Fsp3) is 0.195. The van der Waals surface area contributed by atoms with Crippen molar-refractivity contribution < 1.29 is 18.3 Å². The van der Waals surface area contributed by atoms with Crippen molar-refractivity contribution in [2.24, 2.45) is 0 Å². The van der Waals surface area contributed by atoms with Crippen LogP contribution in [0.1, 0.15) is 56.3 Å². The van der Waals surface area contributed by atoms with Crippen LogP contribution in [0.25, 0.3) is 10.9 Å². The summed E-state index contributed by atoms with van der Waals surface area (Å²) in [6, 6.07) is 43.3. The molecule has 6 rings (SSSR count). The lowest BCUT2D eigenvalue weighted by molar-refractivity contribution is 0.0697. The van der Waals surface area contributed by atoms with Crippen molar-refractivity contribution in [2.45, 2.75) is 38.1 Å². The largest absolute Gasteiger partial charge is 0.478 e. The minimum Gasteiger partial charge on any atom is -0.478 e. The number of carboxylic acid groups (broad SMARTS) is 1. The molecule has 0 aliphatic heterocycles. The van der Waals surface area contributed by atoms with Crippen molar-refractivity contribution in [2.75, 3.05) is 12.3 Å². The molecule has 0 atom stereocenters. The highest BCUT2D eigenvalue weighted by atomic mass is 35.5. The summed E-state index contributed by atoms with van der Waals surface area (Å²) in [4.78, 5) is 11.4. The first-order valence-corrected chi connectivity index (χ1v) is 18.6. The number of fused-ring (bicyclic) bond motifs is 1. The van der Waals surface area contributed by atoms with Crippen LogP contribution in [-0.2, 0) is 35.7 Å². The summed E-state index contributed by atoms with van der Waals surface area (Å²) in [6.07, 6.45) is 3.24. The molecular weight excluding hydrogens is 652 g/mol. The summed E-state index contributed by atoms with van der Waals surface area (Å²) in [5, 5.41) is 11.0. The Bertz CT molecular complexity index is 2080. The number of rotatable bonds is 15. The number of halogens is 1. The molecule has 0 bridgehead atoms. The SMILES string of the molecule is O=C(O)c1ccc(CCCc2c(CCNS(=O)(=O)CCc3ccccc3)n(C(c3ccccc3)c3ccccc3)c3ccc(Cl)cc23)cc1. The second-order valence-corrected chi connectivity index (χ2v) is 14.6. The molecule has 49 heavy (non-hydrogen) atoms. The van der Waals surface area contributed by atoms with Gasteiger partial charge in [0, 0.05) is 34.6 Å². The third-order valence-electron chi connectivity index (χ3n) is 8.95. The zero-order valence-corrected chi connectivity index (χ0v) is 28.7. The van der Waals surface area contributed by atoms with Crippen LogP contribution < -0.4 is 4.72 Å². The molecule has 0 spiro atoms. The van der Waals surface area contributed by atoms with Gasteiger partial charge in [-0.1, -0.05) is 115 Å². The van der Waals surface area contributed by atoms with Crippen LogP contribution in [0, 0.1) is 0 Å². The Morgan fingerprint density at radius 3 is 1.92 bits per heavy atom. The second kappa shape index (κ2) is 15.7. The maximum atomic E-state index is 13.2. The van der Waals surface area contributed by atoms with Crippen molar-refractivity contribution >= 4 is 38.5 Å². The van der Waals surface area contributed by atoms with Gasteiger partial charge in [-0.3, -0.25) is 0 Å². The number of carboxylic acids is 1. The molecule has 5 aromatic carbocycles. The molecule has 0 unspecified atom stereocenters. The standard InChI is InChI=1S/C41H39ClN2O4S/c42-35-23-24-38-37(29-35)36(18-10-13-31-19-21-34(22-20-31)41(45)46)39(25-27-43-49(47,48)28-26-30-11-4-1-5-12-30)44(38)40(32-14-6-2-7-15-32)33-16-8-3-9-17-33/h1-9,11-12,14-17,19-24,29,40,43H,10,13,18,25-28H2,(H,45,46). The predicted octanol–water partition coefficient (Wildman–Crippen LogP) is 8.51. The van der Waals surface area contributed by atoms with Crippen LogP contribution in [0.5, 0.6) is 0 Å². The molecule has 250 valence electrons. The lowest BCUT2D eigenvalue weighted by Gasteiger charge is -2.25. The normalized spacial score (nSPS) is 11.7. The highest BCUT2D eigenvalue weighted by Gasteiger charge is 2.26. The Hall–Kier alpha value is -4.69. The van der Waals surface area contributed by atoms with Crippen LogP contribution in [0.3, 0.4) is 0 Å². The summed E-state index contributed by atoms with van der Waals surface area (Å²) in [7, 11) is -3.52. The molecule has 0 radical (unpaired) electrons. The van der Waals surface area contributed by atoms with Crippen molar-refractivity contribution in [1.29, 1.82) is 0 Å². The number of carbonyl (C=O) groups is 1. The number of benzene rings is 5. The van der Waals surface area contributed by atoms with Crippen molar-refractivity contribution in [1.82, 2.24) is 9.29 Å². The van der Waals surface area contributed by atoms with Crippen molar-refractivity contribution in [3.8, 4) is 0 Å². The number of nitrogens with zero attached hydrogens (tertiary/aromatic N) is 1. The minimum atomic E-state index is -3.52. The summed E-state index contributed by atoms with van der Waals surface area (Å²) in [5.41, 5.74) is 7.78. The first-order chi connectivity index (χ1) is 23.8. The average Bonchev–Trinajstić information content (AvgIpc) is 3.40. The third-order valence-corrected chi connectivity index (χ3v) is 10.6. The van der Waals surface area contributed by atoms with E-state index in [1.807, 2.05) is 91.0 Å². The molecular formula is C41H39ClN2O4S. The Morgan fingerprint density at radius 1 is 0.714 bits per heavy atom. The Labute approximate surface area is 293 Å². The van der Waals surface area contributed by atoms with Crippen LogP contribution in [-0.4, -0.2) is 36.4 Å². The quantitative estimate of drug-likeness (QED) is 0.113. The molecule has 1 heterocycles. The molecule has 0 saturated carbocycles. The predicted molar refractivity (Wildman–Crippen MR) is 198 cm³/mol. The number of nitrogens with one attached hydrogen (secondary N) is 1. The molecule has 6 nitrogen and oxygen atoms in total. The van der Waals surface area contributed by atoms with E-state index in [9.17, 15) is 18.3 Å². The first kappa shape index (κ1) is 34.2. The maximum absolute atomic E-state index is 13.2. The average molecular weight is 691 g/mol. The summed E-state index contributed by atoms with van der Waals surface area (Å²) in [5.74, 6) is -0.928. The van der Waals surface area contributed by atoms with Gasteiger partial charge in [-0.2, -0.15) is 0 Å². The van der Waals surface area contributed by atoms with E-state index >= 15 is 0 Å². The van der Waals surface area contributed by atoms with Crippen LogP contribution in [0.2, 0.25) is 5.02 Å². The summed E-state index contributed by atoms with van der Waals surface area (Å²) >= 11 is 6.64. The van der Waals surface area contributed by atoms with Gasteiger partial charge in [-0.05, 0) is 83.8 Å². The number of sulfonamides is 1. The highest BCUT2D eigenvalue weighted by Crippen LogP contribution is 2.38. The van der Waals surface area contributed by atoms with E-state index in [0.29, 0.717) is 17.9 Å². The summed E-state index contributed by atoms with van der Waals surface area (Å²) < 4.78 is 31.6. The molecule has 1 aromatic heterocycles. The smallest absolute Gasteiger partial charge is 0.335 e. The molecule has 6 aromatic rings. The van der Waals surface area contributed by atoms with E-state index in [4.69, 9.17) is 11.6 Å². The Balaban J connectivity index is 1.37. The summed E-state index contributed by atoms with van der Waals surface area (Å²) in [6.45, 7) is 0.251. The number of aromatic nitrogens is 1. The monoisotopic (exact) mass is 690 g/mol. The van der Waals surface area contributed by atoms with Gasteiger partial charge in [-0.25, -0.2) is 17.9 Å². The molecule has 0 aliphatic carbocycles. The van der Waals surface area contributed by atoms with E-state index in [1.54, 1.807) is 12.1 Å². The van der Waals surface area contributed by atoms with E-state index in [-0.39, 0.29) is 23.9 Å². The number of aromatic carboxylic acids is 1. The molecule has 2 N–H and O–H groups in total. The minimum absolute atomic E-state index is 0.0137. The maximum Gasteiger partial charge on any atom is 0.335 e. The molecule has 0 aliphatic rings. The molecule has 0 saturated heterocycles. The van der Waals surface area contributed by atoms with E-state index < -0.39 is 16.0 Å². The zero-order chi connectivity index (χ0) is 34.2. The van der Waals surface area contributed by atoms with E-state index in [0.717, 1.165) is 63.7 Å². The number of hydrogen-bond donors (Lipinski definition) is 2. The van der Waals surface area contributed by atoms with E-state index in [2.05, 4.69) is 39.6 Å².